The quantitative estimate of drug-likeness (QED) is 0.732. The van der Waals surface area contributed by atoms with Gasteiger partial charge in [-0.3, -0.25) is 9.78 Å². The summed E-state index contributed by atoms with van der Waals surface area (Å²) >= 11 is 0. The lowest BCUT2D eigenvalue weighted by molar-refractivity contribution is -0.143. The normalized spacial score (nSPS) is 12.0. The summed E-state index contributed by atoms with van der Waals surface area (Å²) in [4.78, 5) is 15.7. The van der Waals surface area contributed by atoms with E-state index in [0.29, 0.717) is 11.2 Å². The van der Waals surface area contributed by atoms with Crippen LogP contribution in [0.4, 0.5) is 0 Å². The Morgan fingerprint density at radius 2 is 2.47 bits per heavy atom. The van der Waals surface area contributed by atoms with E-state index in [1.165, 1.54) is 6.20 Å². The van der Waals surface area contributed by atoms with Gasteiger partial charge in [0, 0.05) is 12.4 Å². The van der Waals surface area contributed by atoms with Crippen molar-refractivity contribution in [2.45, 2.75) is 12.8 Å². The second-order valence-corrected chi connectivity index (χ2v) is 3.29. The number of hydrogen-bond donors (Lipinski definition) is 0. The first-order valence-corrected chi connectivity index (χ1v) is 5.12. The number of nitriles is 1. The minimum absolute atomic E-state index is 0.236. The first kappa shape index (κ1) is 11.1. The average Bonchev–Trinajstić information content (AvgIpc) is 2.79. The van der Waals surface area contributed by atoms with Gasteiger partial charge in [0.05, 0.1) is 30.1 Å². The first-order valence-electron chi connectivity index (χ1n) is 5.12. The van der Waals surface area contributed by atoms with Crippen LogP contribution in [0.25, 0.3) is 5.52 Å². The molecule has 6 nitrogen and oxygen atoms in total. The van der Waals surface area contributed by atoms with E-state index in [1.807, 2.05) is 6.07 Å². The van der Waals surface area contributed by atoms with Gasteiger partial charge in [-0.05, 0) is 13.0 Å². The molecular weight excluding hydrogens is 220 g/mol. The van der Waals surface area contributed by atoms with Crippen molar-refractivity contribution < 1.29 is 9.53 Å². The molecule has 0 amide bonds. The van der Waals surface area contributed by atoms with Crippen LogP contribution in [0.15, 0.2) is 24.7 Å². The Morgan fingerprint density at radius 1 is 1.65 bits per heavy atom. The summed E-state index contributed by atoms with van der Waals surface area (Å²) in [5.74, 6) is -1.60. The molecule has 0 aliphatic carbocycles. The topological polar surface area (TPSA) is 80.3 Å². The van der Waals surface area contributed by atoms with Crippen molar-refractivity contribution in [1.29, 1.82) is 5.26 Å². The van der Waals surface area contributed by atoms with Gasteiger partial charge in [-0.25, -0.2) is 4.52 Å². The monoisotopic (exact) mass is 230 g/mol. The Hall–Kier alpha value is -2.42. The molecule has 1 unspecified atom stereocenters. The molecule has 0 fully saturated rings. The summed E-state index contributed by atoms with van der Waals surface area (Å²) in [6.07, 6.45) is 4.73. The number of hydrogen-bond acceptors (Lipinski definition) is 5. The maximum Gasteiger partial charge on any atom is 0.329 e. The van der Waals surface area contributed by atoms with Crippen LogP contribution in [0.5, 0.6) is 0 Å². The first-order chi connectivity index (χ1) is 8.27. The van der Waals surface area contributed by atoms with Crippen LogP contribution in [0.3, 0.4) is 0 Å². The summed E-state index contributed by atoms with van der Waals surface area (Å²) < 4.78 is 6.41. The largest absolute Gasteiger partial charge is 0.465 e. The summed E-state index contributed by atoms with van der Waals surface area (Å²) in [5.41, 5.74) is 0.998. The average molecular weight is 230 g/mol. The van der Waals surface area contributed by atoms with Crippen molar-refractivity contribution in [2.75, 3.05) is 6.61 Å². The molecule has 0 radical (unpaired) electrons. The van der Waals surface area contributed by atoms with Crippen LogP contribution in [0, 0.1) is 11.3 Å². The number of esters is 1. The zero-order valence-corrected chi connectivity index (χ0v) is 9.20. The highest BCUT2D eigenvalue weighted by Gasteiger charge is 2.25. The van der Waals surface area contributed by atoms with Crippen molar-refractivity contribution in [3.8, 4) is 6.07 Å². The minimum Gasteiger partial charge on any atom is -0.465 e. The molecule has 86 valence electrons. The van der Waals surface area contributed by atoms with Crippen LogP contribution in [0.1, 0.15) is 18.5 Å². The van der Waals surface area contributed by atoms with Gasteiger partial charge in [0.1, 0.15) is 0 Å². The molecule has 0 bridgehead atoms. The second-order valence-electron chi connectivity index (χ2n) is 3.29. The van der Waals surface area contributed by atoms with Gasteiger partial charge in [0.2, 0.25) is 0 Å². The van der Waals surface area contributed by atoms with Gasteiger partial charge < -0.3 is 4.74 Å². The summed E-state index contributed by atoms with van der Waals surface area (Å²) in [6.45, 7) is 1.93. The van der Waals surface area contributed by atoms with Crippen molar-refractivity contribution in [2.24, 2.45) is 0 Å². The number of aromatic nitrogens is 3. The van der Waals surface area contributed by atoms with Crippen LogP contribution >= 0.6 is 0 Å². The number of carbonyl (C=O) groups excluding carboxylic acids is 1. The van der Waals surface area contributed by atoms with E-state index in [4.69, 9.17) is 10.00 Å². The number of carbonyl (C=O) groups is 1. The fraction of sp³-hybridized carbons (Fsp3) is 0.273. The summed E-state index contributed by atoms with van der Waals surface area (Å²) in [5, 5.41) is 13.1. The van der Waals surface area contributed by atoms with E-state index in [2.05, 4.69) is 10.1 Å². The molecule has 1 atom stereocenters. The van der Waals surface area contributed by atoms with E-state index < -0.39 is 11.9 Å². The second kappa shape index (κ2) is 4.61. The van der Waals surface area contributed by atoms with E-state index in [0.717, 1.165) is 0 Å². The number of rotatable bonds is 3. The van der Waals surface area contributed by atoms with Gasteiger partial charge >= 0.3 is 5.97 Å². The lowest BCUT2D eigenvalue weighted by Crippen LogP contribution is -2.16. The molecular formula is C11H10N4O2. The molecule has 2 aromatic rings. The van der Waals surface area contributed by atoms with Crippen molar-refractivity contribution in [3.63, 3.8) is 0 Å². The fourth-order valence-electron chi connectivity index (χ4n) is 1.55. The van der Waals surface area contributed by atoms with E-state index >= 15 is 0 Å². The summed E-state index contributed by atoms with van der Waals surface area (Å²) in [6, 6.07) is 3.61. The zero-order chi connectivity index (χ0) is 12.3. The Bertz CT molecular complexity index is 584. The molecule has 0 aromatic carbocycles. The SMILES string of the molecule is CCOC(=O)C(C#N)c1nccn2nccc12. The van der Waals surface area contributed by atoms with Gasteiger partial charge in [0.25, 0.3) is 0 Å². The molecule has 0 saturated heterocycles. The highest BCUT2D eigenvalue weighted by Crippen LogP contribution is 2.19. The Labute approximate surface area is 97.4 Å². The number of fused-ring (bicyclic) bond motifs is 1. The van der Waals surface area contributed by atoms with E-state index in [1.54, 1.807) is 29.9 Å². The van der Waals surface area contributed by atoms with E-state index in [-0.39, 0.29) is 6.61 Å². The molecule has 0 N–H and O–H groups in total. The van der Waals surface area contributed by atoms with Crippen molar-refractivity contribution in [3.05, 3.63) is 30.4 Å². The van der Waals surface area contributed by atoms with Crippen LogP contribution < -0.4 is 0 Å². The Kier molecular flexibility index (Phi) is 3.01. The van der Waals surface area contributed by atoms with Crippen LogP contribution in [-0.4, -0.2) is 27.2 Å². The third-order valence-corrected chi connectivity index (χ3v) is 2.28. The summed E-state index contributed by atoms with van der Waals surface area (Å²) in [7, 11) is 0. The third-order valence-electron chi connectivity index (χ3n) is 2.28. The molecule has 0 aliphatic heterocycles. The molecule has 6 heteroatoms. The maximum atomic E-state index is 11.6. The fourth-order valence-corrected chi connectivity index (χ4v) is 1.55. The number of nitrogens with zero attached hydrogens (tertiary/aromatic N) is 4. The molecule has 2 aromatic heterocycles. The molecule has 2 rings (SSSR count). The van der Waals surface area contributed by atoms with Gasteiger partial charge in [-0.15, -0.1) is 0 Å². The molecule has 17 heavy (non-hydrogen) atoms. The molecule has 2 heterocycles. The lowest BCUT2D eigenvalue weighted by Gasteiger charge is -2.08. The van der Waals surface area contributed by atoms with Gasteiger partial charge in [0.15, 0.2) is 5.92 Å². The van der Waals surface area contributed by atoms with E-state index in [9.17, 15) is 4.79 Å². The van der Waals surface area contributed by atoms with Crippen LogP contribution in [0.2, 0.25) is 0 Å². The molecule has 0 saturated carbocycles. The number of ether oxygens (including phenoxy) is 1. The predicted octanol–water partition coefficient (Wildman–Crippen LogP) is 0.900. The maximum absolute atomic E-state index is 11.6. The minimum atomic E-state index is -1.02. The Morgan fingerprint density at radius 3 is 3.18 bits per heavy atom. The standard InChI is InChI=1S/C11H10N4O2/c1-2-17-11(16)8(7-12)10-9-3-4-14-15(9)6-5-13-10/h3-6,8H,2H2,1H3. The Balaban J connectivity index is 2.47. The molecule has 0 aliphatic rings. The third kappa shape index (κ3) is 1.95. The van der Waals surface area contributed by atoms with Gasteiger partial charge in [-0.2, -0.15) is 10.4 Å². The zero-order valence-electron chi connectivity index (χ0n) is 9.20. The van der Waals surface area contributed by atoms with Crippen molar-refractivity contribution in [1.82, 2.24) is 14.6 Å². The highest BCUT2D eigenvalue weighted by molar-refractivity contribution is 5.83. The van der Waals surface area contributed by atoms with Crippen LogP contribution in [-0.2, 0) is 9.53 Å². The predicted molar refractivity (Wildman–Crippen MR) is 58.0 cm³/mol. The van der Waals surface area contributed by atoms with Gasteiger partial charge in [-0.1, -0.05) is 0 Å². The molecule has 0 spiro atoms. The van der Waals surface area contributed by atoms with Crippen molar-refractivity contribution >= 4 is 11.5 Å². The smallest absolute Gasteiger partial charge is 0.329 e. The lowest BCUT2D eigenvalue weighted by atomic mass is 10.1. The highest BCUT2D eigenvalue weighted by atomic mass is 16.5.